The number of nitrogens with zero attached hydrogens (tertiary/aromatic N) is 1. The zero-order valence-electron chi connectivity index (χ0n) is 14.3. The normalized spacial score (nSPS) is 10.3. The maximum atomic E-state index is 12.6. The van der Waals surface area contributed by atoms with Crippen molar-refractivity contribution in [1.82, 2.24) is 4.57 Å². The minimum atomic E-state index is -0.502. The molecule has 0 fully saturated rings. The van der Waals surface area contributed by atoms with Crippen LogP contribution < -0.4 is 10.9 Å². The highest BCUT2D eigenvalue weighted by molar-refractivity contribution is 6.04. The average molecular weight is 346 g/mol. The van der Waals surface area contributed by atoms with Gasteiger partial charge in [0.2, 0.25) is 0 Å². The van der Waals surface area contributed by atoms with E-state index in [0.29, 0.717) is 17.8 Å². The van der Waals surface area contributed by atoms with E-state index in [9.17, 15) is 14.4 Å². The molecule has 0 radical (unpaired) electrons. The predicted octanol–water partition coefficient (Wildman–Crippen LogP) is 3.35. The molecule has 3 rings (SSSR count). The zero-order valence-corrected chi connectivity index (χ0v) is 14.3. The molecular formula is C21H18N2O3. The number of carbonyl (C=O) groups is 2. The van der Waals surface area contributed by atoms with Crippen LogP contribution in [-0.4, -0.2) is 16.3 Å². The smallest absolute Gasteiger partial charge is 0.263 e. The van der Waals surface area contributed by atoms with Gasteiger partial charge in [0.05, 0.1) is 6.54 Å². The number of hydrogen-bond acceptors (Lipinski definition) is 3. The number of hydrogen-bond donors (Lipinski definition) is 1. The monoisotopic (exact) mass is 346 g/mol. The van der Waals surface area contributed by atoms with E-state index < -0.39 is 5.91 Å². The maximum Gasteiger partial charge on any atom is 0.263 e. The fourth-order valence-corrected chi connectivity index (χ4v) is 2.63. The van der Waals surface area contributed by atoms with E-state index in [1.807, 2.05) is 30.3 Å². The van der Waals surface area contributed by atoms with E-state index in [1.165, 1.54) is 17.6 Å². The highest BCUT2D eigenvalue weighted by Gasteiger charge is 2.13. The van der Waals surface area contributed by atoms with Crippen LogP contribution in [0.2, 0.25) is 0 Å². The van der Waals surface area contributed by atoms with Crippen LogP contribution in [0.5, 0.6) is 0 Å². The lowest BCUT2D eigenvalue weighted by Gasteiger charge is -2.09. The highest BCUT2D eigenvalue weighted by atomic mass is 16.2. The Labute approximate surface area is 150 Å². The van der Waals surface area contributed by atoms with Gasteiger partial charge in [-0.15, -0.1) is 0 Å². The van der Waals surface area contributed by atoms with Gasteiger partial charge in [0.15, 0.2) is 5.78 Å². The number of anilines is 1. The third-order valence-corrected chi connectivity index (χ3v) is 3.99. The van der Waals surface area contributed by atoms with Gasteiger partial charge in [-0.25, -0.2) is 0 Å². The highest BCUT2D eigenvalue weighted by Crippen LogP contribution is 2.12. The Kier molecular flexibility index (Phi) is 5.08. The van der Waals surface area contributed by atoms with Crippen molar-refractivity contribution < 1.29 is 9.59 Å². The van der Waals surface area contributed by atoms with Crippen molar-refractivity contribution >= 4 is 17.4 Å². The Morgan fingerprint density at radius 1 is 0.962 bits per heavy atom. The lowest BCUT2D eigenvalue weighted by Crippen LogP contribution is -2.29. The summed E-state index contributed by atoms with van der Waals surface area (Å²) in [7, 11) is 0. The van der Waals surface area contributed by atoms with Gasteiger partial charge in [-0.05, 0) is 36.8 Å². The molecule has 0 bridgehead atoms. The minimum Gasteiger partial charge on any atom is -0.322 e. The number of ketones is 1. The summed E-state index contributed by atoms with van der Waals surface area (Å²) in [6.07, 6.45) is 1.66. The molecule has 0 saturated carbocycles. The molecule has 0 aliphatic heterocycles. The molecule has 1 amide bonds. The van der Waals surface area contributed by atoms with Gasteiger partial charge < -0.3 is 9.88 Å². The first kappa shape index (κ1) is 17.4. The van der Waals surface area contributed by atoms with E-state index in [0.717, 1.165) is 5.56 Å². The molecule has 1 heterocycles. The zero-order chi connectivity index (χ0) is 18.5. The fraction of sp³-hybridized carbons (Fsp3) is 0.0952. The van der Waals surface area contributed by atoms with Gasteiger partial charge >= 0.3 is 0 Å². The van der Waals surface area contributed by atoms with E-state index >= 15 is 0 Å². The number of pyridine rings is 1. The Morgan fingerprint density at radius 3 is 2.46 bits per heavy atom. The van der Waals surface area contributed by atoms with Crippen molar-refractivity contribution in [3.63, 3.8) is 0 Å². The SMILES string of the molecule is CC(=O)c1cccc(NC(=O)c2cccn(Cc3ccccc3)c2=O)c1. The summed E-state index contributed by atoms with van der Waals surface area (Å²) >= 11 is 0. The van der Waals surface area contributed by atoms with Crippen molar-refractivity contribution in [3.05, 3.63) is 100.0 Å². The van der Waals surface area contributed by atoms with Crippen molar-refractivity contribution in [1.29, 1.82) is 0 Å². The number of benzene rings is 2. The van der Waals surface area contributed by atoms with Crippen LogP contribution in [0.4, 0.5) is 5.69 Å². The number of amides is 1. The van der Waals surface area contributed by atoms with Crippen LogP contribution >= 0.6 is 0 Å². The summed E-state index contributed by atoms with van der Waals surface area (Å²) in [5.74, 6) is -0.593. The maximum absolute atomic E-state index is 12.6. The van der Waals surface area contributed by atoms with E-state index in [2.05, 4.69) is 5.32 Å². The molecule has 0 unspecified atom stereocenters. The fourth-order valence-electron chi connectivity index (χ4n) is 2.63. The van der Waals surface area contributed by atoms with Crippen molar-refractivity contribution in [2.24, 2.45) is 0 Å². The second kappa shape index (κ2) is 7.61. The quantitative estimate of drug-likeness (QED) is 0.720. The summed E-state index contributed by atoms with van der Waals surface area (Å²) in [5.41, 5.74) is 1.63. The van der Waals surface area contributed by atoms with Gasteiger partial charge in [-0.3, -0.25) is 14.4 Å². The summed E-state index contributed by atoms with van der Waals surface area (Å²) < 4.78 is 1.50. The molecule has 1 N–H and O–H groups in total. The summed E-state index contributed by atoms with van der Waals surface area (Å²) in [5, 5.41) is 2.68. The Hall–Kier alpha value is -3.47. The minimum absolute atomic E-state index is 0.0525. The van der Waals surface area contributed by atoms with Gasteiger partial charge in [-0.1, -0.05) is 42.5 Å². The Morgan fingerprint density at radius 2 is 1.73 bits per heavy atom. The second-order valence-corrected chi connectivity index (χ2v) is 5.93. The third kappa shape index (κ3) is 3.95. The summed E-state index contributed by atoms with van der Waals surface area (Å²) in [6.45, 7) is 1.85. The van der Waals surface area contributed by atoms with Crippen LogP contribution in [0.1, 0.15) is 33.2 Å². The molecule has 1 aromatic heterocycles. The van der Waals surface area contributed by atoms with E-state index in [4.69, 9.17) is 0 Å². The van der Waals surface area contributed by atoms with Gasteiger partial charge in [0, 0.05) is 17.4 Å². The van der Waals surface area contributed by atoms with Crippen LogP contribution in [0.15, 0.2) is 77.7 Å². The first-order chi connectivity index (χ1) is 12.5. The first-order valence-electron chi connectivity index (χ1n) is 8.20. The second-order valence-electron chi connectivity index (χ2n) is 5.93. The molecule has 0 aliphatic rings. The van der Waals surface area contributed by atoms with Crippen LogP contribution in [0.25, 0.3) is 0 Å². The molecule has 0 spiro atoms. The number of aromatic nitrogens is 1. The van der Waals surface area contributed by atoms with Crippen LogP contribution in [-0.2, 0) is 6.54 Å². The van der Waals surface area contributed by atoms with Crippen molar-refractivity contribution in [3.8, 4) is 0 Å². The van der Waals surface area contributed by atoms with E-state index in [1.54, 1.807) is 36.5 Å². The topological polar surface area (TPSA) is 68.2 Å². The molecule has 130 valence electrons. The third-order valence-electron chi connectivity index (χ3n) is 3.99. The Balaban J connectivity index is 1.84. The van der Waals surface area contributed by atoms with E-state index in [-0.39, 0.29) is 16.9 Å². The Bertz CT molecular complexity index is 1010. The number of Topliss-reactive ketones (excluding diaryl/α,β-unsaturated/α-hetero) is 1. The standard InChI is InChI=1S/C21H18N2O3/c1-15(24)17-9-5-10-18(13-17)22-20(25)19-11-6-12-23(21(19)26)14-16-7-3-2-4-8-16/h2-13H,14H2,1H3,(H,22,25). The largest absolute Gasteiger partial charge is 0.322 e. The lowest BCUT2D eigenvalue weighted by atomic mass is 10.1. The van der Waals surface area contributed by atoms with Gasteiger partial charge in [0.1, 0.15) is 5.56 Å². The molecule has 3 aromatic rings. The number of carbonyl (C=O) groups excluding carboxylic acids is 2. The molecule has 5 heteroatoms. The molecule has 0 atom stereocenters. The van der Waals surface area contributed by atoms with Gasteiger partial charge in [-0.2, -0.15) is 0 Å². The summed E-state index contributed by atoms with van der Waals surface area (Å²) in [6, 6.07) is 19.3. The predicted molar refractivity (Wildman–Crippen MR) is 101 cm³/mol. The number of rotatable bonds is 5. The van der Waals surface area contributed by atoms with Crippen molar-refractivity contribution in [2.45, 2.75) is 13.5 Å². The van der Waals surface area contributed by atoms with Crippen LogP contribution in [0, 0.1) is 0 Å². The molecular weight excluding hydrogens is 328 g/mol. The molecule has 26 heavy (non-hydrogen) atoms. The lowest BCUT2D eigenvalue weighted by molar-refractivity contribution is 0.101. The first-order valence-corrected chi connectivity index (χ1v) is 8.20. The average Bonchev–Trinajstić information content (AvgIpc) is 2.64. The molecule has 0 saturated heterocycles. The molecule has 2 aromatic carbocycles. The number of nitrogens with one attached hydrogen (secondary N) is 1. The summed E-state index contributed by atoms with van der Waals surface area (Å²) in [4.78, 5) is 36.6. The van der Waals surface area contributed by atoms with Crippen LogP contribution in [0.3, 0.4) is 0 Å². The van der Waals surface area contributed by atoms with Crippen molar-refractivity contribution in [2.75, 3.05) is 5.32 Å². The van der Waals surface area contributed by atoms with Gasteiger partial charge in [0.25, 0.3) is 11.5 Å². The molecule has 5 nitrogen and oxygen atoms in total. The molecule has 0 aliphatic carbocycles.